The van der Waals surface area contributed by atoms with Gasteiger partial charge in [-0.2, -0.15) is 0 Å². The highest BCUT2D eigenvalue weighted by atomic mass is 16.4. The molecule has 5 heteroatoms. The Balaban J connectivity index is 2.37. The van der Waals surface area contributed by atoms with Crippen LogP contribution in [0.3, 0.4) is 0 Å². The summed E-state index contributed by atoms with van der Waals surface area (Å²) in [5, 5.41) is 24.6. The second-order valence-electron chi connectivity index (χ2n) is 4.65. The summed E-state index contributed by atoms with van der Waals surface area (Å²) in [7, 11) is 0. The molecular weight excluding hydrogens is 196 g/mol. The van der Waals surface area contributed by atoms with Crippen molar-refractivity contribution in [3.63, 3.8) is 0 Å². The molecule has 1 heterocycles. The quantitative estimate of drug-likeness (QED) is 0.477. The molecule has 1 aliphatic heterocycles. The van der Waals surface area contributed by atoms with Crippen LogP contribution < -0.4 is 10.6 Å². The van der Waals surface area contributed by atoms with E-state index in [4.69, 9.17) is 5.11 Å². The minimum atomic E-state index is -0.803. The Labute approximate surface area is 89.9 Å². The minimum Gasteiger partial charge on any atom is -0.481 e. The molecule has 1 saturated heterocycles. The number of aliphatic carboxylic acids is 1. The van der Waals surface area contributed by atoms with E-state index in [2.05, 4.69) is 10.6 Å². The van der Waals surface area contributed by atoms with Crippen LogP contribution in [0.1, 0.15) is 20.3 Å². The van der Waals surface area contributed by atoms with E-state index >= 15 is 0 Å². The Morgan fingerprint density at radius 3 is 2.47 bits per heavy atom. The molecule has 1 aliphatic rings. The van der Waals surface area contributed by atoms with Crippen LogP contribution in [-0.4, -0.2) is 47.5 Å². The van der Waals surface area contributed by atoms with Gasteiger partial charge in [-0.3, -0.25) is 4.79 Å². The van der Waals surface area contributed by atoms with Gasteiger partial charge in [0.15, 0.2) is 0 Å². The van der Waals surface area contributed by atoms with Crippen molar-refractivity contribution in [2.75, 3.05) is 19.6 Å². The van der Waals surface area contributed by atoms with Crippen molar-refractivity contribution in [1.82, 2.24) is 10.6 Å². The molecule has 0 aliphatic carbocycles. The average molecular weight is 216 g/mol. The summed E-state index contributed by atoms with van der Waals surface area (Å²) in [6, 6.07) is 0. The second-order valence-corrected chi connectivity index (χ2v) is 4.65. The molecule has 0 saturated carbocycles. The summed E-state index contributed by atoms with van der Waals surface area (Å²) < 4.78 is 0. The summed E-state index contributed by atoms with van der Waals surface area (Å²) in [6.07, 6.45) is -0.318. The fourth-order valence-electron chi connectivity index (χ4n) is 1.59. The van der Waals surface area contributed by atoms with Gasteiger partial charge < -0.3 is 20.8 Å². The molecule has 0 bridgehead atoms. The SMILES string of the molecule is CC(C)C(O)CNC1(CC(=O)O)CNC1. The van der Waals surface area contributed by atoms with E-state index in [1.54, 1.807) is 0 Å². The molecule has 88 valence electrons. The largest absolute Gasteiger partial charge is 0.481 e. The van der Waals surface area contributed by atoms with Crippen LogP contribution in [0, 0.1) is 5.92 Å². The standard InChI is InChI=1S/C10H20N2O3/c1-7(2)8(13)4-12-10(3-9(14)15)5-11-6-10/h7-8,11-13H,3-6H2,1-2H3,(H,14,15). The lowest BCUT2D eigenvalue weighted by Crippen LogP contribution is -2.69. The predicted molar refractivity (Wildman–Crippen MR) is 56.7 cm³/mol. The molecule has 0 radical (unpaired) electrons. The van der Waals surface area contributed by atoms with Gasteiger partial charge in [-0.15, -0.1) is 0 Å². The van der Waals surface area contributed by atoms with Crippen LogP contribution in [0.15, 0.2) is 0 Å². The topological polar surface area (TPSA) is 81.6 Å². The molecule has 4 N–H and O–H groups in total. The number of aliphatic hydroxyl groups excluding tert-OH is 1. The predicted octanol–water partition coefficient (Wildman–Crippen LogP) is -0.590. The van der Waals surface area contributed by atoms with E-state index in [0.717, 1.165) is 0 Å². The molecule has 1 atom stereocenters. The molecular formula is C10H20N2O3. The summed E-state index contributed by atoms with van der Waals surface area (Å²) in [5.41, 5.74) is -0.359. The van der Waals surface area contributed by atoms with E-state index in [-0.39, 0.29) is 17.9 Å². The van der Waals surface area contributed by atoms with Crippen LogP contribution in [0.4, 0.5) is 0 Å². The van der Waals surface area contributed by atoms with Gasteiger partial charge in [0.05, 0.1) is 18.1 Å². The first-order chi connectivity index (χ1) is 6.95. The molecule has 0 spiro atoms. The molecule has 15 heavy (non-hydrogen) atoms. The van der Waals surface area contributed by atoms with Crippen LogP contribution >= 0.6 is 0 Å². The van der Waals surface area contributed by atoms with E-state index in [1.165, 1.54) is 0 Å². The maximum atomic E-state index is 10.7. The lowest BCUT2D eigenvalue weighted by Gasteiger charge is -2.43. The average Bonchev–Trinajstić information content (AvgIpc) is 2.08. The molecule has 0 aromatic carbocycles. The van der Waals surface area contributed by atoms with E-state index in [1.807, 2.05) is 13.8 Å². The maximum absolute atomic E-state index is 10.7. The van der Waals surface area contributed by atoms with Gasteiger partial charge in [-0.05, 0) is 5.92 Å². The van der Waals surface area contributed by atoms with Gasteiger partial charge in [0.1, 0.15) is 0 Å². The molecule has 0 aromatic rings. The third-order valence-electron chi connectivity index (χ3n) is 2.87. The number of nitrogens with one attached hydrogen (secondary N) is 2. The molecule has 1 unspecified atom stereocenters. The van der Waals surface area contributed by atoms with Crippen molar-refractivity contribution in [2.24, 2.45) is 5.92 Å². The van der Waals surface area contributed by atoms with Crippen molar-refractivity contribution >= 4 is 5.97 Å². The smallest absolute Gasteiger partial charge is 0.305 e. The zero-order chi connectivity index (χ0) is 11.5. The Morgan fingerprint density at radius 2 is 2.13 bits per heavy atom. The third-order valence-corrected chi connectivity index (χ3v) is 2.87. The fraction of sp³-hybridized carbons (Fsp3) is 0.900. The second kappa shape index (κ2) is 4.92. The number of carboxylic acids is 1. The van der Waals surface area contributed by atoms with Crippen LogP contribution in [0.5, 0.6) is 0 Å². The first-order valence-corrected chi connectivity index (χ1v) is 5.31. The van der Waals surface area contributed by atoms with Gasteiger partial charge in [0.2, 0.25) is 0 Å². The van der Waals surface area contributed by atoms with Gasteiger partial charge in [-0.25, -0.2) is 0 Å². The lowest BCUT2D eigenvalue weighted by atomic mass is 9.88. The Hall–Kier alpha value is -0.650. The van der Waals surface area contributed by atoms with Gasteiger partial charge in [-0.1, -0.05) is 13.8 Å². The highest BCUT2D eigenvalue weighted by molar-refractivity contribution is 5.68. The minimum absolute atomic E-state index is 0.102. The number of aliphatic hydroxyl groups is 1. The highest BCUT2D eigenvalue weighted by Gasteiger charge is 2.38. The van der Waals surface area contributed by atoms with Crippen molar-refractivity contribution < 1.29 is 15.0 Å². The van der Waals surface area contributed by atoms with Crippen LogP contribution in [0.2, 0.25) is 0 Å². The number of carboxylic acid groups (broad SMARTS) is 1. The molecule has 1 rings (SSSR count). The molecule has 5 nitrogen and oxygen atoms in total. The first-order valence-electron chi connectivity index (χ1n) is 5.31. The molecule has 0 aromatic heterocycles. The van der Waals surface area contributed by atoms with Crippen molar-refractivity contribution in [2.45, 2.75) is 31.9 Å². The van der Waals surface area contributed by atoms with Gasteiger partial charge in [0, 0.05) is 19.6 Å². The number of hydrogen-bond acceptors (Lipinski definition) is 4. The van der Waals surface area contributed by atoms with Crippen LogP contribution in [0.25, 0.3) is 0 Å². The first kappa shape index (κ1) is 12.4. The number of hydrogen-bond donors (Lipinski definition) is 4. The Morgan fingerprint density at radius 1 is 1.53 bits per heavy atom. The third kappa shape index (κ3) is 3.44. The number of carbonyl (C=O) groups is 1. The van der Waals surface area contributed by atoms with Gasteiger partial charge >= 0.3 is 5.97 Å². The number of β-amino-alcohol motifs (C(OH)–C–C–N with tert-alkyl or cyclic N) is 1. The number of rotatable bonds is 6. The molecule has 0 amide bonds. The fourth-order valence-corrected chi connectivity index (χ4v) is 1.59. The van der Waals surface area contributed by atoms with E-state index < -0.39 is 12.1 Å². The van der Waals surface area contributed by atoms with Crippen LogP contribution in [-0.2, 0) is 4.79 Å². The van der Waals surface area contributed by atoms with E-state index in [0.29, 0.717) is 19.6 Å². The Kier molecular flexibility index (Phi) is 4.07. The summed E-state index contributed by atoms with van der Waals surface area (Å²) in [4.78, 5) is 10.7. The van der Waals surface area contributed by atoms with Gasteiger partial charge in [0.25, 0.3) is 0 Å². The van der Waals surface area contributed by atoms with E-state index in [9.17, 15) is 9.90 Å². The zero-order valence-corrected chi connectivity index (χ0v) is 9.29. The lowest BCUT2D eigenvalue weighted by molar-refractivity contribution is -0.139. The normalized spacial score (nSPS) is 21.1. The van der Waals surface area contributed by atoms with Crippen molar-refractivity contribution in [1.29, 1.82) is 0 Å². The zero-order valence-electron chi connectivity index (χ0n) is 9.29. The maximum Gasteiger partial charge on any atom is 0.305 e. The highest BCUT2D eigenvalue weighted by Crippen LogP contribution is 2.16. The Bertz CT molecular complexity index is 227. The summed E-state index contributed by atoms with van der Waals surface area (Å²) in [6.45, 7) is 5.64. The summed E-state index contributed by atoms with van der Waals surface area (Å²) >= 11 is 0. The monoisotopic (exact) mass is 216 g/mol. The van der Waals surface area contributed by atoms with Crippen molar-refractivity contribution in [3.05, 3.63) is 0 Å². The molecule has 1 fully saturated rings. The van der Waals surface area contributed by atoms with Crippen molar-refractivity contribution in [3.8, 4) is 0 Å². The summed E-state index contributed by atoms with van der Waals surface area (Å²) in [5.74, 6) is -0.615.